The molecular weight excluding hydrogens is 192 g/mol. The normalized spacial score (nSPS) is 10.4. The zero-order chi connectivity index (χ0) is 9.80. The quantitative estimate of drug-likeness (QED) is 0.693. The molecule has 14 heavy (non-hydrogen) atoms. The summed E-state index contributed by atoms with van der Waals surface area (Å²) in [6.07, 6.45) is 0. The van der Waals surface area contributed by atoms with Gasteiger partial charge in [0.15, 0.2) is 0 Å². The average molecular weight is 202 g/mol. The van der Waals surface area contributed by atoms with Crippen molar-refractivity contribution in [1.82, 2.24) is 0 Å². The van der Waals surface area contributed by atoms with Crippen molar-refractivity contribution in [2.45, 2.75) is 0 Å². The molecule has 0 saturated heterocycles. The van der Waals surface area contributed by atoms with E-state index in [4.69, 9.17) is 11.6 Å². The third-order valence-electron chi connectivity index (χ3n) is 2.05. The van der Waals surface area contributed by atoms with Crippen LogP contribution in [0.1, 0.15) is 11.1 Å². The maximum Gasteiger partial charge on any atom is 0.122 e. The van der Waals surface area contributed by atoms with E-state index in [0.717, 1.165) is 16.5 Å². The Kier molecular flexibility index (Phi) is 2.85. The van der Waals surface area contributed by atoms with Gasteiger partial charge in [0.25, 0.3) is 0 Å². The van der Waals surface area contributed by atoms with Crippen LogP contribution in [-0.4, -0.2) is 0 Å². The molecule has 1 heteroatoms. The zero-order valence-corrected chi connectivity index (χ0v) is 8.41. The Bertz CT molecular complexity index is 341. The van der Waals surface area contributed by atoms with Crippen LogP contribution < -0.4 is 0 Å². The predicted octanol–water partition coefficient (Wildman–Crippen LogP) is 3.85. The van der Waals surface area contributed by atoms with Gasteiger partial charge in [0, 0.05) is 0 Å². The van der Waals surface area contributed by atoms with Crippen molar-refractivity contribution in [3.63, 3.8) is 0 Å². The monoisotopic (exact) mass is 201 g/mol. The van der Waals surface area contributed by atoms with Crippen molar-refractivity contribution in [1.29, 1.82) is 0 Å². The summed E-state index contributed by atoms with van der Waals surface area (Å²) >= 11 is 6.25. The van der Waals surface area contributed by atoms with Crippen molar-refractivity contribution in [2.75, 3.05) is 0 Å². The molecule has 0 bridgehead atoms. The fourth-order valence-corrected chi connectivity index (χ4v) is 1.59. The van der Waals surface area contributed by atoms with Crippen molar-refractivity contribution < 1.29 is 0 Å². The molecule has 0 atom stereocenters. The minimum absolute atomic E-state index is 0.797. The van der Waals surface area contributed by atoms with E-state index in [9.17, 15) is 0 Å². The summed E-state index contributed by atoms with van der Waals surface area (Å²) in [4.78, 5) is 0. The Labute approximate surface area is 89.2 Å². The van der Waals surface area contributed by atoms with Crippen LogP contribution in [0.25, 0.3) is 0 Å². The number of hydrogen-bond donors (Lipinski definition) is 0. The van der Waals surface area contributed by atoms with Crippen LogP contribution in [0.4, 0.5) is 0 Å². The van der Waals surface area contributed by atoms with Gasteiger partial charge in [0.1, 0.15) is 5.38 Å². The minimum atomic E-state index is 0.797. The third-order valence-corrected chi connectivity index (χ3v) is 2.49. The van der Waals surface area contributed by atoms with Gasteiger partial charge in [-0.25, -0.2) is 0 Å². The van der Waals surface area contributed by atoms with Crippen LogP contribution in [-0.2, 0) is 0 Å². The summed E-state index contributed by atoms with van der Waals surface area (Å²) in [5, 5.41) is 0.797. The maximum absolute atomic E-state index is 6.25. The third kappa shape index (κ3) is 1.97. The summed E-state index contributed by atoms with van der Waals surface area (Å²) in [7, 11) is 0. The van der Waals surface area contributed by atoms with Crippen molar-refractivity contribution in [3.05, 3.63) is 77.2 Å². The highest BCUT2D eigenvalue weighted by molar-refractivity contribution is 6.31. The van der Waals surface area contributed by atoms with E-state index in [2.05, 4.69) is 0 Å². The van der Waals surface area contributed by atoms with E-state index in [-0.39, 0.29) is 0 Å². The number of benzene rings is 2. The Morgan fingerprint density at radius 1 is 0.643 bits per heavy atom. The lowest BCUT2D eigenvalue weighted by Gasteiger charge is -2.08. The summed E-state index contributed by atoms with van der Waals surface area (Å²) < 4.78 is 0. The molecule has 0 aliphatic rings. The van der Waals surface area contributed by atoms with Gasteiger partial charge in [-0.15, -0.1) is 11.6 Å². The maximum atomic E-state index is 6.25. The van der Waals surface area contributed by atoms with Crippen LogP contribution in [0.3, 0.4) is 0 Å². The second-order valence-electron chi connectivity index (χ2n) is 3.05. The number of hydrogen-bond acceptors (Lipinski definition) is 0. The molecule has 0 aromatic heterocycles. The van der Waals surface area contributed by atoms with Crippen LogP contribution in [0.5, 0.6) is 0 Å². The highest BCUT2D eigenvalue weighted by Crippen LogP contribution is 2.26. The van der Waals surface area contributed by atoms with Crippen molar-refractivity contribution in [2.24, 2.45) is 0 Å². The Hall–Kier alpha value is -1.27. The fourth-order valence-electron chi connectivity index (χ4n) is 1.34. The topological polar surface area (TPSA) is 0 Å². The predicted molar refractivity (Wildman–Crippen MR) is 60.2 cm³/mol. The molecule has 1 radical (unpaired) electrons. The van der Waals surface area contributed by atoms with Gasteiger partial charge in [-0.05, 0) is 11.1 Å². The molecule has 0 aliphatic carbocycles. The van der Waals surface area contributed by atoms with Crippen LogP contribution >= 0.6 is 11.6 Å². The molecule has 0 spiro atoms. The first kappa shape index (κ1) is 9.29. The second kappa shape index (κ2) is 4.30. The first-order chi connectivity index (χ1) is 6.88. The summed E-state index contributed by atoms with van der Waals surface area (Å²) in [6.45, 7) is 0. The van der Waals surface area contributed by atoms with Crippen LogP contribution in [0, 0.1) is 5.38 Å². The minimum Gasteiger partial charge on any atom is -0.106 e. The lowest BCUT2D eigenvalue weighted by molar-refractivity contribution is 1.38. The average Bonchev–Trinajstić information content (AvgIpc) is 2.30. The molecule has 0 nitrogen and oxygen atoms in total. The van der Waals surface area contributed by atoms with Crippen LogP contribution in [0.15, 0.2) is 60.7 Å². The molecule has 69 valence electrons. The fraction of sp³-hybridized carbons (Fsp3) is 0. The van der Waals surface area contributed by atoms with Gasteiger partial charge < -0.3 is 0 Å². The van der Waals surface area contributed by atoms with Gasteiger partial charge >= 0.3 is 0 Å². The molecule has 0 N–H and O–H groups in total. The van der Waals surface area contributed by atoms with Gasteiger partial charge in [0.05, 0.1) is 0 Å². The number of rotatable bonds is 2. The Balaban J connectivity index is 2.30. The second-order valence-corrected chi connectivity index (χ2v) is 3.42. The largest absolute Gasteiger partial charge is 0.122 e. The summed E-state index contributed by atoms with van der Waals surface area (Å²) in [5.74, 6) is 0. The van der Waals surface area contributed by atoms with Crippen molar-refractivity contribution in [3.8, 4) is 0 Å². The molecule has 0 saturated carbocycles. The van der Waals surface area contributed by atoms with Gasteiger partial charge in [0.2, 0.25) is 0 Å². The molecule has 2 aromatic carbocycles. The smallest absolute Gasteiger partial charge is 0.106 e. The summed E-state index contributed by atoms with van der Waals surface area (Å²) in [6, 6.07) is 20.0. The van der Waals surface area contributed by atoms with Crippen molar-refractivity contribution >= 4 is 11.6 Å². The highest BCUT2D eigenvalue weighted by atomic mass is 35.5. The van der Waals surface area contributed by atoms with E-state index in [1.807, 2.05) is 60.7 Å². The van der Waals surface area contributed by atoms with E-state index < -0.39 is 0 Å². The van der Waals surface area contributed by atoms with Crippen LogP contribution in [0.2, 0.25) is 0 Å². The van der Waals surface area contributed by atoms with Gasteiger partial charge in [-0.2, -0.15) is 0 Å². The first-order valence-electron chi connectivity index (χ1n) is 4.51. The molecule has 2 rings (SSSR count). The van der Waals surface area contributed by atoms with E-state index in [1.54, 1.807) is 0 Å². The lowest BCUT2D eigenvalue weighted by Crippen LogP contribution is -1.92. The molecule has 0 aliphatic heterocycles. The van der Waals surface area contributed by atoms with Gasteiger partial charge in [-0.3, -0.25) is 0 Å². The molecule has 0 amide bonds. The highest BCUT2D eigenvalue weighted by Gasteiger charge is 2.09. The lowest BCUT2D eigenvalue weighted by atomic mass is 10.0. The number of halogens is 1. The molecule has 0 heterocycles. The Morgan fingerprint density at radius 3 is 1.36 bits per heavy atom. The summed E-state index contributed by atoms with van der Waals surface area (Å²) in [5.41, 5.74) is 2.11. The molecule has 2 aromatic rings. The van der Waals surface area contributed by atoms with E-state index in [1.165, 1.54) is 0 Å². The SMILES string of the molecule is Cl[C](c1ccccc1)c1ccccc1. The van der Waals surface area contributed by atoms with E-state index >= 15 is 0 Å². The standard InChI is InChI=1S/C13H10Cl/c14-13(11-7-3-1-4-8-11)12-9-5-2-6-10-12/h1-10H. The first-order valence-corrected chi connectivity index (χ1v) is 4.89. The molecular formula is C13H10Cl. The Morgan fingerprint density at radius 2 is 1.00 bits per heavy atom. The van der Waals surface area contributed by atoms with Gasteiger partial charge in [-0.1, -0.05) is 60.7 Å². The molecule has 0 fully saturated rings. The van der Waals surface area contributed by atoms with E-state index in [0.29, 0.717) is 0 Å². The molecule has 0 unspecified atom stereocenters. The zero-order valence-electron chi connectivity index (χ0n) is 7.65.